The first-order chi connectivity index (χ1) is 12.5. The molecule has 27 heavy (non-hydrogen) atoms. The number of rotatable bonds is 7. The summed E-state index contributed by atoms with van der Waals surface area (Å²) < 4.78 is 6.57. The average molecular weight is 394 g/mol. The molecule has 8 nitrogen and oxygen atoms in total. The van der Waals surface area contributed by atoms with Gasteiger partial charge >= 0.3 is 0 Å². The van der Waals surface area contributed by atoms with Crippen LogP contribution >= 0.6 is 12.4 Å². The van der Waals surface area contributed by atoms with Gasteiger partial charge in [0.1, 0.15) is 12.3 Å². The molecule has 1 aliphatic heterocycles. The topological polar surface area (TPSA) is 97.3 Å². The maximum absolute atomic E-state index is 12.2. The molecule has 146 valence electrons. The first-order valence-electron chi connectivity index (χ1n) is 8.53. The molecule has 1 atom stereocenters. The van der Waals surface area contributed by atoms with Gasteiger partial charge in [-0.1, -0.05) is 6.92 Å². The van der Waals surface area contributed by atoms with Crippen molar-refractivity contribution in [2.75, 3.05) is 30.8 Å². The standard InChI is InChI=1S/C18H23N5O3.ClH/c1-12(13-7-19-8-13)18(25)22-15-9-20-23(10-15)11-17(24)21-14-3-5-16(26-2)6-4-14;/h3-6,9-10,12-13,19H,7-8,11H2,1-2H3,(H,21,24)(H,22,25);1H. The molecule has 1 aromatic heterocycles. The molecule has 3 N–H and O–H groups in total. The molecule has 0 aliphatic carbocycles. The van der Waals surface area contributed by atoms with Gasteiger partial charge in [0, 0.05) is 17.8 Å². The Hall–Kier alpha value is -2.58. The van der Waals surface area contributed by atoms with Crippen molar-refractivity contribution in [2.24, 2.45) is 11.8 Å². The van der Waals surface area contributed by atoms with Crippen LogP contribution in [0.5, 0.6) is 5.75 Å². The number of carbonyl (C=O) groups is 2. The quantitative estimate of drug-likeness (QED) is 0.665. The molecule has 0 saturated carbocycles. The highest BCUT2D eigenvalue weighted by Crippen LogP contribution is 2.18. The lowest BCUT2D eigenvalue weighted by molar-refractivity contribution is -0.121. The van der Waals surface area contributed by atoms with E-state index < -0.39 is 0 Å². The van der Waals surface area contributed by atoms with E-state index in [1.54, 1.807) is 43.8 Å². The molecule has 1 fully saturated rings. The molecule has 0 radical (unpaired) electrons. The van der Waals surface area contributed by atoms with E-state index in [9.17, 15) is 9.59 Å². The summed E-state index contributed by atoms with van der Waals surface area (Å²) in [6, 6.07) is 7.08. The molecule has 1 unspecified atom stereocenters. The normalized spacial score (nSPS) is 14.4. The van der Waals surface area contributed by atoms with Gasteiger partial charge in [-0.3, -0.25) is 14.3 Å². The van der Waals surface area contributed by atoms with Crippen LogP contribution in [0, 0.1) is 11.8 Å². The Morgan fingerprint density at radius 2 is 1.96 bits per heavy atom. The molecule has 1 saturated heterocycles. The van der Waals surface area contributed by atoms with Gasteiger partial charge in [0.2, 0.25) is 11.8 Å². The minimum Gasteiger partial charge on any atom is -0.497 e. The highest BCUT2D eigenvalue weighted by atomic mass is 35.5. The largest absolute Gasteiger partial charge is 0.497 e. The van der Waals surface area contributed by atoms with Gasteiger partial charge in [-0.15, -0.1) is 12.4 Å². The highest BCUT2D eigenvalue weighted by Gasteiger charge is 2.28. The van der Waals surface area contributed by atoms with Crippen molar-refractivity contribution < 1.29 is 14.3 Å². The van der Waals surface area contributed by atoms with Crippen LogP contribution < -0.4 is 20.7 Å². The zero-order chi connectivity index (χ0) is 18.5. The van der Waals surface area contributed by atoms with Crippen LogP contribution in [0.1, 0.15) is 6.92 Å². The van der Waals surface area contributed by atoms with Crippen molar-refractivity contribution in [3.8, 4) is 5.75 Å². The van der Waals surface area contributed by atoms with Crippen molar-refractivity contribution in [1.82, 2.24) is 15.1 Å². The number of methoxy groups -OCH3 is 1. The summed E-state index contributed by atoms with van der Waals surface area (Å²) in [6.45, 7) is 3.73. The first kappa shape index (κ1) is 20.7. The van der Waals surface area contributed by atoms with Crippen molar-refractivity contribution in [1.29, 1.82) is 0 Å². The van der Waals surface area contributed by atoms with Crippen molar-refractivity contribution >= 4 is 35.6 Å². The number of aromatic nitrogens is 2. The Labute approximate surface area is 164 Å². The van der Waals surface area contributed by atoms with Gasteiger partial charge in [0.05, 0.1) is 19.0 Å². The summed E-state index contributed by atoms with van der Waals surface area (Å²) in [5.41, 5.74) is 1.27. The number of amides is 2. The van der Waals surface area contributed by atoms with Gasteiger partial charge in [0.25, 0.3) is 0 Å². The van der Waals surface area contributed by atoms with Gasteiger partial charge in [-0.2, -0.15) is 5.10 Å². The minimum absolute atomic E-state index is 0. The van der Waals surface area contributed by atoms with E-state index in [0.717, 1.165) is 18.8 Å². The van der Waals surface area contributed by atoms with Gasteiger partial charge in [-0.05, 0) is 43.3 Å². The smallest absolute Gasteiger partial charge is 0.246 e. The molecule has 9 heteroatoms. The fraction of sp³-hybridized carbons (Fsp3) is 0.389. The Balaban J connectivity index is 0.00000261. The van der Waals surface area contributed by atoms with Crippen LogP contribution in [-0.4, -0.2) is 41.8 Å². The zero-order valence-corrected chi connectivity index (χ0v) is 16.1. The predicted octanol–water partition coefficient (Wildman–Crippen LogP) is 1.75. The molecule has 1 aliphatic rings. The van der Waals surface area contributed by atoms with Crippen LogP contribution in [0.3, 0.4) is 0 Å². The van der Waals surface area contributed by atoms with Gasteiger partial charge < -0.3 is 20.7 Å². The fourth-order valence-electron chi connectivity index (χ4n) is 2.67. The third kappa shape index (κ3) is 5.45. The number of benzene rings is 1. The highest BCUT2D eigenvalue weighted by molar-refractivity contribution is 5.93. The van der Waals surface area contributed by atoms with E-state index in [1.165, 1.54) is 4.68 Å². The van der Waals surface area contributed by atoms with Crippen LogP contribution in [-0.2, 0) is 16.1 Å². The number of halogens is 1. The third-order valence-electron chi connectivity index (χ3n) is 4.51. The van der Waals surface area contributed by atoms with E-state index in [1.807, 2.05) is 6.92 Å². The Morgan fingerprint density at radius 1 is 1.26 bits per heavy atom. The number of nitrogens with zero attached hydrogens (tertiary/aromatic N) is 2. The van der Waals surface area contributed by atoms with Crippen LogP contribution in [0.4, 0.5) is 11.4 Å². The number of hydrogen-bond acceptors (Lipinski definition) is 5. The van der Waals surface area contributed by atoms with E-state index in [-0.39, 0.29) is 36.7 Å². The lowest BCUT2D eigenvalue weighted by Crippen LogP contribution is -2.48. The maximum Gasteiger partial charge on any atom is 0.246 e. The summed E-state index contributed by atoms with van der Waals surface area (Å²) >= 11 is 0. The number of ether oxygens (including phenoxy) is 1. The Morgan fingerprint density at radius 3 is 2.56 bits per heavy atom. The maximum atomic E-state index is 12.2. The second kappa shape index (κ2) is 9.38. The van der Waals surface area contributed by atoms with Gasteiger partial charge in [0.15, 0.2) is 0 Å². The van der Waals surface area contributed by atoms with Crippen LogP contribution in [0.2, 0.25) is 0 Å². The van der Waals surface area contributed by atoms with Gasteiger partial charge in [-0.25, -0.2) is 0 Å². The van der Waals surface area contributed by atoms with Crippen molar-refractivity contribution in [3.63, 3.8) is 0 Å². The second-order valence-electron chi connectivity index (χ2n) is 6.40. The Kier molecular flexibility index (Phi) is 7.20. The van der Waals surface area contributed by atoms with Crippen LogP contribution in [0.25, 0.3) is 0 Å². The number of hydrogen-bond donors (Lipinski definition) is 3. The number of anilines is 2. The minimum atomic E-state index is -0.204. The molecule has 0 bridgehead atoms. The van der Waals surface area contributed by atoms with E-state index in [0.29, 0.717) is 17.3 Å². The lowest BCUT2D eigenvalue weighted by atomic mass is 9.88. The molecule has 2 heterocycles. The molecule has 0 spiro atoms. The molecular weight excluding hydrogens is 370 g/mol. The second-order valence-corrected chi connectivity index (χ2v) is 6.40. The molecule has 1 aromatic carbocycles. The first-order valence-corrected chi connectivity index (χ1v) is 8.53. The SMILES string of the molecule is COc1ccc(NC(=O)Cn2cc(NC(=O)C(C)C3CNC3)cn2)cc1.Cl. The molecular formula is C18H24ClN5O3. The molecule has 3 rings (SSSR count). The summed E-state index contributed by atoms with van der Waals surface area (Å²) in [5.74, 6) is 0.810. The predicted molar refractivity (Wildman–Crippen MR) is 105 cm³/mol. The number of nitrogens with one attached hydrogen (secondary N) is 3. The molecule has 2 aromatic rings. The fourth-order valence-corrected chi connectivity index (χ4v) is 2.67. The monoisotopic (exact) mass is 393 g/mol. The van der Waals surface area contributed by atoms with E-state index >= 15 is 0 Å². The number of carbonyl (C=O) groups excluding carboxylic acids is 2. The summed E-state index contributed by atoms with van der Waals surface area (Å²) in [4.78, 5) is 24.3. The molecule has 2 amide bonds. The third-order valence-corrected chi connectivity index (χ3v) is 4.51. The van der Waals surface area contributed by atoms with Crippen molar-refractivity contribution in [3.05, 3.63) is 36.7 Å². The summed E-state index contributed by atoms with van der Waals surface area (Å²) in [7, 11) is 1.59. The zero-order valence-electron chi connectivity index (χ0n) is 15.3. The van der Waals surface area contributed by atoms with Crippen LogP contribution in [0.15, 0.2) is 36.7 Å². The van der Waals surface area contributed by atoms with Crippen molar-refractivity contribution in [2.45, 2.75) is 13.5 Å². The average Bonchev–Trinajstić information content (AvgIpc) is 3.00. The summed E-state index contributed by atoms with van der Waals surface area (Å²) in [6.07, 6.45) is 3.20. The summed E-state index contributed by atoms with van der Waals surface area (Å²) in [5, 5.41) is 12.9. The Bertz CT molecular complexity index is 774. The van der Waals surface area contributed by atoms with E-state index in [4.69, 9.17) is 4.74 Å². The van der Waals surface area contributed by atoms with E-state index in [2.05, 4.69) is 21.0 Å². The lowest BCUT2D eigenvalue weighted by Gasteiger charge is -2.31.